The van der Waals surface area contributed by atoms with Gasteiger partial charge < -0.3 is 10.0 Å². The van der Waals surface area contributed by atoms with E-state index in [0.717, 1.165) is 5.56 Å². The molecular formula is C15H22N2O4S. The molecule has 1 saturated heterocycles. The van der Waals surface area contributed by atoms with E-state index in [1.807, 2.05) is 19.1 Å². The Morgan fingerprint density at radius 1 is 1.27 bits per heavy atom. The highest BCUT2D eigenvalue weighted by Crippen LogP contribution is 2.23. The molecule has 2 rings (SSSR count). The molecule has 22 heavy (non-hydrogen) atoms. The molecule has 0 bridgehead atoms. The molecule has 7 heteroatoms. The fourth-order valence-corrected chi connectivity index (χ4v) is 4.83. The third-order valence-corrected chi connectivity index (χ3v) is 5.71. The van der Waals surface area contributed by atoms with Crippen LogP contribution in [0.2, 0.25) is 0 Å². The minimum atomic E-state index is -3.66. The molecule has 1 heterocycles. The normalized spacial score (nSPS) is 19.2. The third-order valence-electron chi connectivity index (χ3n) is 3.89. The van der Waals surface area contributed by atoms with Crippen LogP contribution >= 0.6 is 0 Å². The van der Waals surface area contributed by atoms with Crippen LogP contribution in [-0.2, 0) is 10.0 Å². The van der Waals surface area contributed by atoms with E-state index in [1.54, 1.807) is 13.8 Å². The van der Waals surface area contributed by atoms with Gasteiger partial charge in [-0.05, 0) is 44.7 Å². The molecule has 1 amide bonds. The predicted octanol–water partition coefficient (Wildman–Crippen LogP) is 2.03. The van der Waals surface area contributed by atoms with Gasteiger partial charge in [0.25, 0.3) is 0 Å². The largest absolute Gasteiger partial charge is 0.465 e. The second-order valence-corrected chi connectivity index (χ2v) is 7.57. The first-order valence-corrected chi connectivity index (χ1v) is 8.77. The van der Waals surface area contributed by atoms with Crippen molar-refractivity contribution in [2.24, 2.45) is 0 Å². The zero-order valence-corrected chi connectivity index (χ0v) is 13.9. The lowest BCUT2D eigenvalue weighted by molar-refractivity contribution is 0.129. The molecule has 1 aliphatic rings. The summed E-state index contributed by atoms with van der Waals surface area (Å²) in [6.07, 6.45) is 0.296. The summed E-state index contributed by atoms with van der Waals surface area (Å²) < 4.78 is 28.0. The molecule has 2 N–H and O–H groups in total. The standard InChI is InChI=1S/C15H22N2O4S/c1-10-7-11(2)14(12(3)8-10)22(20,21)16-13-5-4-6-17(9-13)15(18)19/h7-8,13,16H,4-6,9H2,1-3H3,(H,18,19)/t13-/m0/s1. The number of hydrogen-bond acceptors (Lipinski definition) is 3. The lowest BCUT2D eigenvalue weighted by Crippen LogP contribution is -2.49. The van der Waals surface area contributed by atoms with E-state index < -0.39 is 16.1 Å². The molecule has 0 spiro atoms. The molecule has 0 aliphatic carbocycles. The van der Waals surface area contributed by atoms with Crippen molar-refractivity contribution in [3.63, 3.8) is 0 Å². The highest BCUT2D eigenvalue weighted by Gasteiger charge is 2.28. The van der Waals surface area contributed by atoms with Gasteiger partial charge in [0.05, 0.1) is 4.90 Å². The molecule has 1 fully saturated rings. The van der Waals surface area contributed by atoms with Gasteiger partial charge in [-0.3, -0.25) is 0 Å². The molecule has 0 saturated carbocycles. The van der Waals surface area contributed by atoms with Crippen molar-refractivity contribution in [1.29, 1.82) is 0 Å². The summed E-state index contributed by atoms with van der Waals surface area (Å²) in [5.74, 6) is 0. The molecule has 1 aliphatic heterocycles. The van der Waals surface area contributed by atoms with E-state index in [2.05, 4.69) is 4.72 Å². The van der Waals surface area contributed by atoms with Crippen molar-refractivity contribution in [3.8, 4) is 0 Å². The quantitative estimate of drug-likeness (QED) is 0.890. The minimum Gasteiger partial charge on any atom is -0.465 e. The van der Waals surface area contributed by atoms with Gasteiger partial charge in [0.1, 0.15) is 0 Å². The molecule has 0 aromatic heterocycles. The monoisotopic (exact) mass is 326 g/mol. The van der Waals surface area contributed by atoms with Crippen molar-refractivity contribution in [2.45, 2.75) is 44.6 Å². The van der Waals surface area contributed by atoms with Gasteiger partial charge in [0, 0.05) is 19.1 Å². The van der Waals surface area contributed by atoms with E-state index in [4.69, 9.17) is 5.11 Å². The number of sulfonamides is 1. The number of benzene rings is 1. The zero-order chi connectivity index (χ0) is 16.5. The van der Waals surface area contributed by atoms with Gasteiger partial charge in [-0.15, -0.1) is 0 Å². The number of hydrogen-bond donors (Lipinski definition) is 2. The smallest absolute Gasteiger partial charge is 0.407 e. The Hall–Kier alpha value is -1.60. The average molecular weight is 326 g/mol. The number of rotatable bonds is 3. The lowest BCUT2D eigenvalue weighted by atomic mass is 10.1. The maximum absolute atomic E-state index is 12.7. The number of aryl methyl sites for hydroxylation is 3. The first-order chi connectivity index (χ1) is 10.2. The number of amides is 1. The van der Waals surface area contributed by atoms with Crippen LogP contribution in [0.15, 0.2) is 17.0 Å². The molecule has 0 radical (unpaired) electrons. The summed E-state index contributed by atoms with van der Waals surface area (Å²) in [6, 6.07) is 3.30. The highest BCUT2D eigenvalue weighted by molar-refractivity contribution is 7.89. The molecule has 1 atom stereocenters. The maximum Gasteiger partial charge on any atom is 0.407 e. The molecule has 1 aromatic carbocycles. The third kappa shape index (κ3) is 3.59. The Morgan fingerprint density at radius 3 is 2.41 bits per heavy atom. The number of carboxylic acid groups (broad SMARTS) is 1. The van der Waals surface area contributed by atoms with Gasteiger partial charge in [-0.25, -0.2) is 17.9 Å². The summed E-state index contributed by atoms with van der Waals surface area (Å²) in [5.41, 5.74) is 2.43. The summed E-state index contributed by atoms with van der Waals surface area (Å²) in [5, 5.41) is 9.04. The van der Waals surface area contributed by atoms with Gasteiger partial charge in [-0.2, -0.15) is 0 Å². The van der Waals surface area contributed by atoms with E-state index in [1.165, 1.54) is 4.90 Å². The van der Waals surface area contributed by atoms with E-state index in [-0.39, 0.29) is 12.6 Å². The number of likely N-dealkylation sites (tertiary alicyclic amines) is 1. The second-order valence-electron chi connectivity index (χ2n) is 5.92. The zero-order valence-electron chi connectivity index (χ0n) is 13.1. The summed E-state index contributed by atoms with van der Waals surface area (Å²) in [6.45, 7) is 6.13. The van der Waals surface area contributed by atoms with E-state index in [9.17, 15) is 13.2 Å². The number of carbonyl (C=O) groups is 1. The van der Waals surface area contributed by atoms with Crippen molar-refractivity contribution < 1.29 is 18.3 Å². The van der Waals surface area contributed by atoms with Crippen LogP contribution in [0, 0.1) is 20.8 Å². The topological polar surface area (TPSA) is 86.7 Å². The van der Waals surface area contributed by atoms with Crippen LogP contribution in [0.1, 0.15) is 29.5 Å². The lowest BCUT2D eigenvalue weighted by Gasteiger charge is -2.31. The average Bonchev–Trinajstić information content (AvgIpc) is 2.36. The van der Waals surface area contributed by atoms with Gasteiger partial charge in [-0.1, -0.05) is 17.7 Å². The van der Waals surface area contributed by atoms with Crippen LogP contribution in [0.3, 0.4) is 0 Å². The van der Waals surface area contributed by atoms with E-state index >= 15 is 0 Å². The molecular weight excluding hydrogens is 304 g/mol. The molecule has 1 aromatic rings. The Balaban J connectivity index is 2.23. The van der Waals surface area contributed by atoms with Gasteiger partial charge in [0.15, 0.2) is 0 Å². The van der Waals surface area contributed by atoms with Crippen LogP contribution in [0.5, 0.6) is 0 Å². The maximum atomic E-state index is 12.7. The fourth-order valence-electron chi connectivity index (χ4n) is 3.12. The highest BCUT2D eigenvalue weighted by atomic mass is 32.2. The molecule has 0 unspecified atom stereocenters. The summed E-state index contributed by atoms with van der Waals surface area (Å²) in [7, 11) is -3.66. The Bertz CT molecular complexity index is 662. The number of nitrogens with zero attached hydrogens (tertiary/aromatic N) is 1. The predicted molar refractivity (Wildman–Crippen MR) is 83.6 cm³/mol. The van der Waals surface area contributed by atoms with Crippen molar-refractivity contribution in [1.82, 2.24) is 9.62 Å². The molecule has 122 valence electrons. The first kappa shape index (κ1) is 16.8. The number of piperidine rings is 1. The second kappa shape index (κ2) is 6.26. The van der Waals surface area contributed by atoms with Crippen LogP contribution in [0.25, 0.3) is 0 Å². The summed E-state index contributed by atoms with van der Waals surface area (Å²) in [4.78, 5) is 12.6. The van der Waals surface area contributed by atoms with Crippen LogP contribution in [0.4, 0.5) is 4.79 Å². The van der Waals surface area contributed by atoms with Crippen molar-refractivity contribution in [3.05, 3.63) is 28.8 Å². The van der Waals surface area contributed by atoms with E-state index in [0.29, 0.717) is 35.4 Å². The Kier molecular flexibility index (Phi) is 4.77. The minimum absolute atomic E-state index is 0.193. The van der Waals surface area contributed by atoms with Gasteiger partial charge in [0.2, 0.25) is 10.0 Å². The van der Waals surface area contributed by atoms with Crippen molar-refractivity contribution in [2.75, 3.05) is 13.1 Å². The number of nitrogens with one attached hydrogen (secondary N) is 1. The Labute approximate surface area is 131 Å². The first-order valence-electron chi connectivity index (χ1n) is 7.29. The van der Waals surface area contributed by atoms with Gasteiger partial charge >= 0.3 is 6.09 Å². The summed E-state index contributed by atoms with van der Waals surface area (Å²) >= 11 is 0. The molecule has 6 nitrogen and oxygen atoms in total. The van der Waals surface area contributed by atoms with Crippen molar-refractivity contribution >= 4 is 16.1 Å². The fraction of sp³-hybridized carbons (Fsp3) is 0.533. The van der Waals surface area contributed by atoms with Crippen LogP contribution in [-0.4, -0.2) is 43.6 Å². The van der Waals surface area contributed by atoms with Crippen LogP contribution < -0.4 is 4.72 Å². The SMILES string of the molecule is Cc1cc(C)c(S(=O)(=O)N[C@H]2CCCN(C(=O)O)C2)c(C)c1. The Morgan fingerprint density at radius 2 is 1.86 bits per heavy atom.